The van der Waals surface area contributed by atoms with Crippen molar-refractivity contribution in [1.82, 2.24) is 0 Å². The Morgan fingerprint density at radius 3 is 3.17 bits per heavy atom. The Morgan fingerprint density at radius 1 is 1.50 bits per heavy atom. The molecule has 63 valence electrons. The summed E-state index contributed by atoms with van der Waals surface area (Å²) in [4.78, 5) is 0. The summed E-state index contributed by atoms with van der Waals surface area (Å²) in [6, 6.07) is 9.15. The van der Waals surface area contributed by atoms with Crippen molar-refractivity contribution in [3.8, 4) is 5.75 Å². The second-order valence-corrected chi connectivity index (χ2v) is 4.14. The van der Waals surface area contributed by atoms with Gasteiger partial charge in [0.2, 0.25) is 0 Å². The van der Waals surface area contributed by atoms with E-state index in [1.54, 1.807) is 0 Å². The maximum absolute atomic E-state index is 5.61. The van der Waals surface area contributed by atoms with Gasteiger partial charge in [-0.05, 0) is 18.6 Å². The van der Waals surface area contributed by atoms with E-state index in [-0.39, 0.29) is 5.41 Å². The van der Waals surface area contributed by atoms with Crippen LogP contribution in [0.2, 0.25) is 0 Å². The van der Waals surface area contributed by atoms with Gasteiger partial charge >= 0.3 is 0 Å². The fourth-order valence-electron chi connectivity index (χ4n) is 1.53. The van der Waals surface area contributed by atoms with Gasteiger partial charge in [0, 0.05) is 11.0 Å². The van der Waals surface area contributed by atoms with Crippen LogP contribution in [0.4, 0.5) is 0 Å². The number of ether oxygens (including phenoxy) is 1. The summed E-state index contributed by atoms with van der Waals surface area (Å²) < 4.78 is 5.61. The van der Waals surface area contributed by atoms with Crippen molar-refractivity contribution < 1.29 is 4.74 Å². The second kappa shape index (κ2) is 2.51. The molecule has 0 fully saturated rings. The molecule has 0 amide bonds. The lowest BCUT2D eigenvalue weighted by Gasteiger charge is -2.30. The van der Waals surface area contributed by atoms with Crippen LogP contribution in [-0.2, 0) is 6.42 Å². The maximum atomic E-state index is 5.61. The molecular formula is C11H13O. The predicted molar refractivity (Wildman–Crippen MR) is 48.3 cm³/mol. The van der Waals surface area contributed by atoms with Crippen molar-refractivity contribution >= 4 is 0 Å². The highest BCUT2D eigenvalue weighted by Crippen LogP contribution is 2.32. The van der Waals surface area contributed by atoms with E-state index >= 15 is 0 Å². The number of rotatable bonds is 0. The van der Waals surface area contributed by atoms with Crippen molar-refractivity contribution in [2.45, 2.75) is 20.3 Å². The van der Waals surface area contributed by atoms with Crippen LogP contribution in [0.15, 0.2) is 18.2 Å². The van der Waals surface area contributed by atoms with Crippen LogP contribution in [0.3, 0.4) is 0 Å². The molecule has 0 aliphatic carbocycles. The highest BCUT2D eigenvalue weighted by molar-refractivity contribution is 5.34. The van der Waals surface area contributed by atoms with Crippen molar-refractivity contribution in [3.05, 3.63) is 29.8 Å². The number of hydrogen-bond acceptors (Lipinski definition) is 1. The summed E-state index contributed by atoms with van der Waals surface area (Å²) in [7, 11) is 0. The summed E-state index contributed by atoms with van der Waals surface area (Å²) in [5, 5.41) is 0. The largest absolute Gasteiger partial charge is 0.493 e. The lowest BCUT2D eigenvalue weighted by atomic mass is 9.84. The van der Waals surface area contributed by atoms with Gasteiger partial charge in [-0.2, -0.15) is 0 Å². The van der Waals surface area contributed by atoms with Gasteiger partial charge in [-0.25, -0.2) is 0 Å². The zero-order valence-corrected chi connectivity index (χ0v) is 7.55. The summed E-state index contributed by atoms with van der Waals surface area (Å²) in [5.41, 5.74) is 1.49. The topological polar surface area (TPSA) is 9.23 Å². The molecule has 0 saturated carbocycles. The van der Waals surface area contributed by atoms with E-state index in [0.29, 0.717) is 0 Å². The molecule has 0 bridgehead atoms. The molecule has 0 aromatic heterocycles. The first-order valence-electron chi connectivity index (χ1n) is 4.30. The van der Waals surface area contributed by atoms with Gasteiger partial charge in [-0.15, -0.1) is 0 Å². The molecule has 1 radical (unpaired) electrons. The minimum absolute atomic E-state index is 0.269. The Kier molecular flexibility index (Phi) is 1.60. The van der Waals surface area contributed by atoms with Gasteiger partial charge in [0.05, 0.1) is 6.61 Å². The third kappa shape index (κ3) is 1.31. The lowest BCUT2D eigenvalue weighted by Crippen LogP contribution is -2.28. The van der Waals surface area contributed by atoms with Crippen molar-refractivity contribution in [1.29, 1.82) is 0 Å². The highest BCUT2D eigenvalue weighted by atomic mass is 16.5. The maximum Gasteiger partial charge on any atom is 0.123 e. The molecule has 1 aromatic carbocycles. The SMILES string of the molecule is CC1(C)COc2ccc[c]c2C1. The summed E-state index contributed by atoms with van der Waals surface area (Å²) in [6.45, 7) is 5.26. The molecule has 1 aliphatic rings. The van der Waals surface area contributed by atoms with E-state index in [1.165, 1.54) is 5.56 Å². The molecule has 1 nitrogen and oxygen atoms in total. The molecule has 12 heavy (non-hydrogen) atoms. The standard InChI is InChI=1S/C11H13O/c1-11(2)7-9-5-3-4-6-10(9)12-8-11/h3-4,6H,7-8H2,1-2H3. The van der Waals surface area contributed by atoms with E-state index < -0.39 is 0 Å². The molecule has 1 aromatic rings. The predicted octanol–water partition coefficient (Wildman–Crippen LogP) is 2.45. The van der Waals surface area contributed by atoms with Gasteiger partial charge in [0.25, 0.3) is 0 Å². The monoisotopic (exact) mass is 161 g/mol. The molecule has 0 saturated heterocycles. The Hall–Kier alpha value is -0.980. The minimum atomic E-state index is 0.269. The summed E-state index contributed by atoms with van der Waals surface area (Å²) in [5.74, 6) is 1.01. The highest BCUT2D eigenvalue weighted by Gasteiger charge is 2.25. The summed E-state index contributed by atoms with van der Waals surface area (Å²) in [6.07, 6.45) is 1.07. The van der Waals surface area contributed by atoms with Crippen molar-refractivity contribution in [3.63, 3.8) is 0 Å². The molecule has 1 heteroatoms. The van der Waals surface area contributed by atoms with Crippen molar-refractivity contribution in [2.24, 2.45) is 5.41 Å². The first-order chi connectivity index (χ1) is 5.67. The van der Waals surface area contributed by atoms with Crippen LogP contribution in [0.5, 0.6) is 5.75 Å². The second-order valence-electron chi connectivity index (χ2n) is 4.14. The van der Waals surface area contributed by atoms with Crippen LogP contribution < -0.4 is 4.74 Å². The fraction of sp³-hybridized carbons (Fsp3) is 0.455. The molecule has 0 unspecified atom stereocenters. The average Bonchev–Trinajstić information content (AvgIpc) is 2.02. The smallest absolute Gasteiger partial charge is 0.123 e. The Morgan fingerprint density at radius 2 is 2.33 bits per heavy atom. The van der Waals surface area contributed by atoms with Crippen LogP contribution in [-0.4, -0.2) is 6.61 Å². The zero-order valence-electron chi connectivity index (χ0n) is 7.55. The van der Waals surface area contributed by atoms with E-state index in [2.05, 4.69) is 19.9 Å². The quantitative estimate of drug-likeness (QED) is 0.568. The van der Waals surface area contributed by atoms with Gasteiger partial charge in [0.15, 0.2) is 0 Å². The summed E-state index contributed by atoms with van der Waals surface area (Å²) >= 11 is 0. The van der Waals surface area contributed by atoms with Gasteiger partial charge in [-0.1, -0.05) is 26.0 Å². The minimum Gasteiger partial charge on any atom is -0.493 e. The molecule has 2 rings (SSSR count). The van der Waals surface area contributed by atoms with Crippen molar-refractivity contribution in [2.75, 3.05) is 6.61 Å². The molecule has 0 spiro atoms. The Labute approximate surface area is 73.4 Å². The third-order valence-corrected chi connectivity index (χ3v) is 2.17. The van der Waals surface area contributed by atoms with Gasteiger partial charge in [-0.3, -0.25) is 0 Å². The number of fused-ring (bicyclic) bond motifs is 1. The lowest BCUT2D eigenvalue weighted by molar-refractivity contribution is 0.155. The van der Waals surface area contributed by atoms with Crippen LogP contribution in [0, 0.1) is 11.5 Å². The van der Waals surface area contributed by atoms with Gasteiger partial charge < -0.3 is 4.74 Å². The normalized spacial score (nSPS) is 19.5. The van der Waals surface area contributed by atoms with Crippen LogP contribution >= 0.6 is 0 Å². The zero-order chi connectivity index (χ0) is 8.60. The van der Waals surface area contributed by atoms with E-state index in [9.17, 15) is 0 Å². The van der Waals surface area contributed by atoms with Crippen LogP contribution in [0.1, 0.15) is 19.4 Å². The molecule has 1 aliphatic heterocycles. The average molecular weight is 161 g/mol. The Bertz CT molecular complexity index is 289. The first kappa shape index (κ1) is 7.66. The Balaban J connectivity index is 2.35. The van der Waals surface area contributed by atoms with Gasteiger partial charge in [0.1, 0.15) is 5.75 Å². The first-order valence-corrected chi connectivity index (χ1v) is 4.30. The fourth-order valence-corrected chi connectivity index (χ4v) is 1.53. The van der Waals surface area contributed by atoms with E-state index in [0.717, 1.165) is 18.8 Å². The molecule has 0 N–H and O–H groups in total. The molecule has 1 heterocycles. The van der Waals surface area contributed by atoms with E-state index in [1.807, 2.05) is 18.2 Å². The molecular weight excluding hydrogens is 148 g/mol. The van der Waals surface area contributed by atoms with E-state index in [4.69, 9.17) is 4.74 Å². The number of hydrogen-bond donors (Lipinski definition) is 0. The molecule has 0 atom stereocenters. The van der Waals surface area contributed by atoms with Crippen LogP contribution in [0.25, 0.3) is 0 Å². The number of benzene rings is 1. The third-order valence-electron chi connectivity index (χ3n) is 2.17.